The van der Waals surface area contributed by atoms with Crippen LogP contribution in [0.25, 0.3) is 30.8 Å². The van der Waals surface area contributed by atoms with E-state index in [1.807, 2.05) is 5.51 Å². The molecule has 9 aromatic rings. The summed E-state index contributed by atoms with van der Waals surface area (Å²) in [7, 11) is 0. The number of thiophene rings is 2. The summed E-state index contributed by atoms with van der Waals surface area (Å²) in [5.41, 5.74) is 5.85. The smallest absolute Gasteiger partial charge is 0.262 e. The van der Waals surface area contributed by atoms with Crippen molar-refractivity contribution in [1.82, 2.24) is 64.8 Å². The average molecular weight is 1420 g/mol. The van der Waals surface area contributed by atoms with E-state index in [0.29, 0.717) is 90.7 Å². The third kappa shape index (κ3) is 22.9. The highest BCUT2D eigenvalue weighted by Gasteiger charge is 2.25. The number of hydrogen-bond acceptors (Lipinski definition) is 26. The maximum Gasteiger partial charge on any atom is 0.262 e. The Balaban J connectivity index is 0.000000167. The van der Waals surface area contributed by atoms with Crippen molar-refractivity contribution >= 4 is 99.7 Å². The normalized spacial score (nSPS) is 13.1. The summed E-state index contributed by atoms with van der Waals surface area (Å²) in [4.78, 5) is 59.9. The molecule has 0 radical (unpaired) electrons. The van der Waals surface area contributed by atoms with Crippen LogP contribution in [0, 0.1) is 0 Å². The van der Waals surface area contributed by atoms with Gasteiger partial charge in [-0.1, -0.05) is 83.1 Å². The molecule has 0 atom stereocenters. The number of thiazole rings is 1. The SMILES string of the molecule is CC(C)Nc1nc(C(C)C)nc2c1CCCO2.CC(C)Nc1nc(C(C)C)nc2c1OCCC2.CC(C)Nc1nc(C(C)C)nc2c1OCCO2.CC(C)Nc1nc(C(C)C)nc2ccsc12.CC(C)Nc1nc(C(C)C)nc2ncsc12.CC(C)Nc1nc(C(C)C)nc2sccc12. The van der Waals surface area contributed by atoms with Crippen LogP contribution in [0.5, 0.6) is 23.3 Å². The molecule has 3 aliphatic heterocycles. The van der Waals surface area contributed by atoms with Crippen LogP contribution in [-0.2, 0) is 12.8 Å². The van der Waals surface area contributed by atoms with Crippen molar-refractivity contribution in [3.63, 3.8) is 0 Å². The number of rotatable bonds is 18. The Morgan fingerprint density at radius 1 is 0.343 bits per heavy atom. The summed E-state index contributed by atoms with van der Waals surface area (Å²) >= 11 is 4.94. The second kappa shape index (κ2) is 37.1. The summed E-state index contributed by atoms with van der Waals surface area (Å²) in [5, 5.41) is 25.4. The van der Waals surface area contributed by atoms with Gasteiger partial charge in [-0.25, -0.2) is 54.8 Å². The first-order chi connectivity index (χ1) is 47.0. The molecule has 12 rings (SSSR count). The van der Waals surface area contributed by atoms with Gasteiger partial charge in [0.15, 0.2) is 23.0 Å². The zero-order chi connectivity index (χ0) is 72.4. The van der Waals surface area contributed by atoms with E-state index in [4.69, 9.17) is 18.9 Å². The Hall–Kier alpha value is -7.71. The van der Waals surface area contributed by atoms with Gasteiger partial charge in [0.05, 0.1) is 45.6 Å². The number of nitrogens with one attached hydrogen (secondary N) is 6. The van der Waals surface area contributed by atoms with Gasteiger partial charge >= 0.3 is 0 Å². The van der Waals surface area contributed by atoms with Gasteiger partial charge in [0.1, 0.15) is 81.0 Å². The molecule has 0 unspecified atom stereocenters. The van der Waals surface area contributed by atoms with Gasteiger partial charge in [-0.2, -0.15) is 9.97 Å². The lowest BCUT2D eigenvalue weighted by molar-refractivity contribution is 0.163. The highest BCUT2D eigenvalue weighted by atomic mass is 32.1. The molecule has 0 bridgehead atoms. The van der Waals surface area contributed by atoms with Crippen LogP contribution in [0.1, 0.15) is 261 Å². The van der Waals surface area contributed by atoms with E-state index in [1.54, 1.807) is 34.0 Å². The summed E-state index contributed by atoms with van der Waals surface area (Å²) in [5.74, 6) is 15.4. The maximum absolute atomic E-state index is 5.70. The quantitative estimate of drug-likeness (QED) is 0.0466. The first-order valence-electron chi connectivity index (χ1n) is 35.4. The van der Waals surface area contributed by atoms with Gasteiger partial charge in [0.2, 0.25) is 11.6 Å². The van der Waals surface area contributed by atoms with Crippen molar-refractivity contribution in [2.75, 3.05) is 58.3 Å². The lowest BCUT2D eigenvalue weighted by Gasteiger charge is -2.22. The molecule has 3 aliphatic rings. The van der Waals surface area contributed by atoms with Crippen molar-refractivity contribution in [3.8, 4) is 23.3 Å². The lowest BCUT2D eigenvalue weighted by atomic mass is 10.1. The van der Waals surface area contributed by atoms with Crippen molar-refractivity contribution in [2.24, 2.45) is 0 Å². The summed E-state index contributed by atoms with van der Waals surface area (Å²) in [6, 6.07) is 6.28. The molecule has 0 saturated heterocycles. The summed E-state index contributed by atoms with van der Waals surface area (Å²) in [6.07, 6.45) is 4.08. The Labute approximate surface area is 599 Å². The van der Waals surface area contributed by atoms with Gasteiger partial charge in [-0.05, 0) is 132 Å². The first kappa shape index (κ1) is 78.6. The topological polar surface area (TPSA) is 277 Å². The number of ether oxygens (including phenoxy) is 4. The van der Waals surface area contributed by atoms with Crippen LogP contribution in [0.15, 0.2) is 28.4 Å². The van der Waals surface area contributed by atoms with Crippen molar-refractivity contribution in [1.29, 1.82) is 0 Å². The molecule has 0 aromatic carbocycles. The molecule has 23 nitrogen and oxygen atoms in total. The lowest BCUT2D eigenvalue weighted by Crippen LogP contribution is -2.21. The van der Waals surface area contributed by atoms with Gasteiger partial charge in [-0.15, -0.1) is 34.0 Å². The molecule has 0 fully saturated rings. The van der Waals surface area contributed by atoms with Gasteiger partial charge < -0.3 is 50.8 Å². The summed E-state index contributed by atoms with van der Waals surface area (Å²) in [6.45, 7) is 53.1. The minimum Gasteiger partial charge on any atom is -0.488 e. The molecule has 12 heterocycles. The van der Waals surface area contributed by atoms with Gasteiger partial charge in [0, 0.05) is 71.8 Å². The van der Waals surface area contributed by atoms with E-state index in [-0.39, 0.29) is 5.92 Å². The van der Waals surface area contributed by atoms with Crippen molar-refractivity contribution in [2.45, 2.75) is 264 Å². The third-order valence-electron chi connectivity index (χ3n) is 14.5. The van der Waals surface area contributed by atoms with Crippen LogP contribution in [0.3, 0.4) is 0 Å². The molecule has 0 spiro atoms. The minimum atomic E-state index is 0.263. The molecule has 9 aromatic heterocycles. The van der Waals surface area contributed by atoms with E-state index >= 15 is 0 Å². The van der Waals surface area contributed by atoms with E-state index < -0.39 is 0 Å². The Morgan fingerprint density at radius 3 is 1.34 bits per heavy atom. The summed E-state index contributed by atoms with van der Waals surface area (Å²) < 4.78 is 24.6. The number of nitrogens with zero attached hydrogens (tertiary/aromatic N) is 13. The largest absolute Gasteiger partial charge is 0.488 e. The van der Waals surface area contributed by atoms with E-state index in [2.05, 4.69) is 286 Å². The van der Waals surface area contributed by atoms with E-state index in [1.165, 1.54) is 0 Å². The first-order valence-corrected chi connectivity index (χ1v) is 38.0. The fourth-order valence-electron chi connectivity index (χ4n) is 9.79. The average Bonchev–Trinajstić information content (AvgIpc) is 1.45. The number of aromatic nitrogens is 13. The van der Waals surface area contributed by atoms with Crippen LogP contribution >= 0.6 is 34.0 Å². The van der Waals surface area contributed by atoms with Gasteiger partial charge in [0.25, 0.3) is 5.88 Å². The zero-order valence-corrected chi connectivity index (χ0v) is 65.6. The fourth-order valence-corrected chi connectivity index (χ4v) is 12.0. The Morgan fingerprint density at radius 2 is 0.758 bits per heavy atom. The van der Waals surface area contributed by atoms with Crippen LogP contribution in [0.2, 0.25) is 0 Å². The Kier molecular flexibility index (Phi) is 29.5. The molecular weight excluding hydrogens is 1300 g/mol. The number of anilines is 6. The van der Waals surface area contributed by atoms with Crippen LogP contribution in [0.4, 0.5) is 34.9 Å². The van der Waals surface area contributed by atoms with Crippen LogP contribution in [-0.4, -0.2) is 127 Å². The second-order valence-electron chi connectivity index (χ2n) is 28.4. The van der Waals surface area contributed by atoms with Gasteiger partial charge in [-0.3, -0.25) is 0 Å². The predicted octanol–water partition coefficient (Wildman–Crippen LogP) is 18.0. The minimum absolute atomic E-state index is 0.263. The molecule has 99 heavy (non-hydrogen) atoms. The van der Waals surface area contributed by atoms with Crippen molar-refractivity contribution in [3.05, 3.63) is 74.6 Å². The molecule has 540 valence electrons. The monoisotopic (exact) mass is 1410 g/mol. The number of fused-ring (bicyclic) bond motifs is 6. The van der Waals surface area contributed by atoms with Crippen molar-refractivity contribution < 1.29 is 18.9 Å². The second-order valence-corrected chi connectivity index (χ2v) is 31.0. The maximum atomic E-state index is 5.70. The molecule has 0 amide bonds. The Bertz CT molecular complexity index is 3590. The number of aryl methyl sites for hydroxylation is 1. The molecule has 6 N–H and O–H groups in total. The zero-order valence-electron chi connectivity index (χ0n) is 63.1. The standard InChI is InChI=1S/2C13H21N3O.C12H19N3O2.2C12H17N3S.C11H16N4S/c1-8(2)12-15-10-6-5-7-17-11(10)13(16-12)14-9(3)4;1-8(2)11-15-12(14-9(3)4)10-6-5-7-17-13(10)16-11;1-7(2)10-14-11(13-8(3)4)9-12(15-10)17-6-5-16-9;1-7(2)11-14-9-5-6-16-10(9)12(15-11)13-8(3)4;1-7(2)10-14-11(13-8(3)4)9-5-6-16-12(9)15-10;1-6(2)9-14-10-8(16-5-12-10)11(15-9)13-7(3)4/h2*8-9H,5-7H2,1-4H3,(H,14,15,16);7-8H,5-6H2,1-4H3,(H,13,14,15);2*5-8H,1-4H3,(H,13,14,15);5-7H,1-4H3,(H,13,14,15). The predicted molar refractivity (Wildman–Crippen MR) is 412 cm³/mol. The molecule has 0 saturated carbocycles. The van der Waals surface area contributed by atoms with Crippen LogP contribution < -0.4 is 50.8 Å². The van der Waals surface area contributed by atoms with E-state index in [0.717, 1.165) is 162 Å². The van der Waals surface area contributed by atoms with E-state index in [9.17, 15) is 0 Å². The highest BCUT2D eigenvalue weighted by Crippen LogP contribution is 2.38. The molecular formula is C73H111N19O4S3. The highest BCUT2D eigenvalue weighted by molar-refractivity contribution is 7.18. The third-order valence-corrected chi connectivity index (χ3v) is 17.0. The molecule has 0 aliphatic carbocycles. The molecule has 26 heteroatoms. The fraction of sp³-hybridized carbons (Fsp3) is 0.603. The number of hydrogen-bond donors (Lipinski definition) is 6.